The molecule has 24 heavy (non-hydrogen) atoms. The molecule has 0 bridgehead atoms. The fraction of sp³-hybridized carbons (Fsp3) is 0.0952. The molecule has 1 N–H and O–H groups in total. The van der Waals surface area contributed by atoms with Crippen LogP contribution < -0.4 is 10.2 Å². The lowest BCUT2D eigenvalue weighted by Crippen LogP contribution is -2.36. The van der Waals surface area contributed by atoms with Crippen LogP contribution in [0.4, 0.5) is 16.2 Å². The molecule has 0 aliphatic carbocycles. The van der Waals surface area contributed by atoms with Gasteiger partial charge in [-0.2, -0.15) is 0 Å². The van der Waals surface area contributed by atoms with Crippen molar-refractivity contribution in [3.05, 3.63) is 96.6 Å². The minimum absolute atomic E-state index is 0.122. The van der Waals surface area contributed by atoms with Crippen molar-refractivity contribution < 1.29 is 4.79 Å². The second-order valence-electron chi connectivity index (χ2n) is 5.52. The van der Waals surface area contributed by atoms with Gasteiger partial charge in [0.05, 0.1) is 0 Å². The van der Waals surface area contributed by atoms with Crippen LogP contribution in [-0.2, 0) is 6.42 Å². The molecule has 0 heterocycles. The number of nitrogens with one attached hydrogen (secondary N) is 1. The maximum atomic E-state index is 12.7. The Labute approximate surface area is 142 Å². The van der Waals surface area contributed by atoms with Crippen LogP contribution in [0.3, 0.4) is 0 Å². The number of hydrogen-bond donors (Lipinski definition) is 1. The Balaban J connectivity index is 1.75. The zero-order chi connectivity index (χ0) is 16.6. The number of urea groups is 1. The maximum Gasteiger partial charge on any atom is 0.326 e. The molecule has 3 heteroatoms. The standard InChI is InChI=1S/C21H20N2O/c24-21(22-19-12-6-2-7-13-19)23(20-14-8-3-9-15-20)17-16-18-10-4-1-5-11-18/h1-15H,16-17H2,(H,22,24). The van der Waals surface area contributed by atoms with E-state index in [9.17, 15) is 4.79 Å². The van der Waals surface area contributed by atoms with Crippen LogP contribution in [0.25, 0.3) is 0 Å². The molecule has 0 aliphatic rings. The molecule has 0 unspecified atom stereocenters. The smallest absolute Gasteiger partial charge is 0.308 e. The second kappa shape index (κ2) is 7.97. The third-order valence-corrected chi connectivity index (χ3v) is 3.80. The number of amides is 2. The monoisotopic (exact) mass is 316 g/mol. The summed E-state index contributed by atoms with van der Waals surface area (Å²) in [6.45, 7) is 0.618. The van der Waals surface area contributed by atoms with Gasteiger partial charge in [-0.15, -0.1) is 0 Å². The van der Waals surface area contributed by atoms with E-state index in [0.29, 0.717) is 6.54 Å². The maximum absolute atomic E-state index is 12.7. The third-order valence-electron chi connectivity index (χ3n) is 3.80. The van der Waals surface area contributed by atoms with Crippen molar-refractivity contribution in [1.82, 2.24) is 0 Å². The van der Waals surface area contributed by atoms with Crippen molar-refractivity contribution >= 4 is 17.4 Å². The Morgan fingerprint density at radius 3 is 1.92 bits per heavy atom. The Hall–Kier alpha value is -3.07. The highest BCUT2D eigenvalue weighted by Gasteiger charge is 2.15. The topological polar surface area (TPSA) is 32.3 Å². The summed E-state index contributed by atoms with van der Waals surface area (Å²) in [5, 5.41) is 2.96. The average molecular weight is 316 g/mol. The highest BCUT2D eigenvalue weighted by atomic mass is 16.2. The number of nitrogens with zero attached hydrogens (tertiary/aromatic N) is 1. The molecule has 0 aliphatic heterocycles. The molecule has 0 fully saturated rings. The van der Waals surface area contributed by atoms with E-state index in [1.807, 2.05) is 78.9 Å². The minimum Gasteiger partial charge on any atom is -0.308 e. The van der Waals surface area contributed by atoms with E-state index >= 15 is 0 Å². The number of carbonyl (C=O) groups excluding carboxylic acids is 1. The van der Waals surface area contributed by atoms with Crippen LogP contribution in [0.15, 0.2) is 91.0 Å². The first-order valence-corrected chi connectivity index (χ1v) is 8.05. The van der Waals surface area contributed by atoms with Crippen molar-refractivity contribution in [2.24, 2.45) is 0 Å². The molecule has 2 amide bonds. The number of anilines is 2. The zero-order valence-corrected chi connectivity index (χ0v) is 13.4. The van der Waals surface area contributed by atoms with Gasteiger partial charge in [0.1, 0.15) is 0 Å². The molecular formula is C21H20N2O. The van der Waals surface area contributed by atoms with Gasteiger partial charge < -0.3 is 5.32 Å². The van der Waals surface area contributed by atoms with Gasteiger partial charge in [0.25, 0.3) is 0 Å². The molecule has 3 aromatic rings. The predicted octanol–water partition coefficient (Wildman–Crippen LogP) is 4.97. The number of carbonyl (C=O) groups is 1. The lowest BCUT2D eigenvalue weighted by atomic mass is 10.1. The summed E-state index contributed by atoms with van der Waals surface area (Å²) in [4.78, 5) is 14.5. The highest BCUT2D eigenvalue weighted by molar-refractivity contribution is 6.01. The van der Waals surface area contributed by atoms with Gasteiger partial charge in [-0.05, 0) is 36.2 Å². The number of hydrogen-bond acceptors (Lipinski definition) is 1. The van der Waals surface area contributed by atoms with Crippen molar-refractivity contribution in [2.45, 2.75) is 6.42 Å². The second-order valence-corrected chi connectivity index (χ2v) is 5.52. The van der Waals surface area contributed by atoms with Crippen molar-refractivity contribution in [1.29, 1.82) is 0 Å². The molecule has 0 saturated carbocycles. The number of rotatable bonds is 5. The Bertz CT molecular complexity index is 758. The summed E-state index contributed by atoms with van der Waals surface area (Å²) in [5.41, 5.74) is 2.90. The lowest BCUT2D eigenvalue weighted by Gasteiger charge is -2.23. The zero-order valence-electron chi connectivity index (χ0n) is 13.4. The van der Waals surface area contributed by atoms with Crippen LogP contribution in [-0.4, -0.2) is 12.6 Å². The summed E-state index contributed by atoms with van der Waals surface area (Å²) >= 11 is 0. The summed E-state index contributed by atoms with van der Waals surface area (Å²) in [5.74, 6) is 0. The molecule has 0 radical (unpaired) electrons. The van der Waals surface area contributed by atoms with Crippen molar-refractivity contribution in [3.63, 3.8) is 0 Å². The fourth-order valence-corrected chi connectivity index (χ4v) is 2.55. The summed E-state index contributed by atoms with van der Waals surface area (Å²) in [6, 6.07) is 29.4. The first kappa shape index (κ1) is 15.8. The van der Waals surface area contributed by atoms with E-state index in [2.05, 4.69) is 17.4 Å². The van der Waals surface area contributed by atoms with Gasteiger partial charge in [0.2, 0.25) is 0 Å². The molecule has 3 rings (SSSR count). The molecular weight excluding hydrogens is 296 g/mol. The quantitative estimate of drug-likeness (QED) is 0.708. The highest BCUT2D eigenvalue weighted by Crippen LogP contribution is 2.16. The normalized spacial score (nSPS) is 10.2. The molecule has 0 aromatic heterocycles. The Morgan fingerprint density at radius 1 is 0.750 bits per heavy atom. The molecule has 3 nitrogen and oxygen atoms in total. The minimum atomic E-state index is -0.122. The van der Waals surface area contributed by atoms with E-state index in [4.69, 9.17) is 0 Å². The first-order chi connectivity index (χ1) is 11.8. The van der Waals surface area contributed by atoms with Gasteiger partial charge in [-0.3, -0.25) is 4.90 Å². The summed E-state index contributed by atoms with van der Waals surface area (Å²) < 4.78 is 0. The first-order valence-electron chi connectivity index (χ1n) is 8.05. The van der Waals surface area contributed by atoms with Crippen LogP contribution in [0.2, 0.25) is 0 Å². The Kier molecular flexibility index (Phi) is 5.25. The van der Waals surface area contributed by atoms with Crippen molar-refractivity contribution in [2.75, 3.05) is 16.8 Å². The fourth-order valence-electron chi connectivity index (χ4n) is 2.55. The summed E-state index contributed by atoms with van der Waals surface area (Å²) in [7, 11) is 0. The SMILES string of the molecule is O=C(Nc1ccccc1)N(CCc1ccccc1)c1ccccc1. The lowest BCUT2D eigenvalue weighted by molar-refractivity contribution is 0.257. The van der Waals surface area contributed by atoms with Crippen molar-refractivity contribution in [3.8, 4) is 0 Å². The number of benzene rings is 3. The van der Waals surface area contributed by atoms with E-state index in [0.717, 1.165) is 17.8 Å². The van der Waals surface area contributed by atoms with E-state index in [-0.39, 0.29) is 6.03 Å². The van der Waals surface area contributed by atoms with Crippen LogP contribution >= 0.6 is 0 Å². The predicted molar refractivity (Wildman–Crippen MR) is 99.4 cm³/mol. The largest absolute Gasteiger partial charge is 0.326 e. The third kappa shape index (κ3) is 4.23. The molecule has 0 saturated heterocycles. The van der Waals surface area contributed by atoms with Gasteiger partial charge >= 0.3 is 6.03 Å². The van der Waals surface area contributed by atoms with E-state index in [1.165, 1.54) is 5.56 Å². The average Bonchev–Trinajstić information content (AvgIpc) is 2.64. The van der Waals surface area contributed by atoms with E-state index in [1.54, 1.807) is 4.90 Å². The Morgan fingerprint density at radius 2 is 1.29 bits per heavy atom. The van der Waals surface area contributed by atoms with Crippen LogP contribution in [0, 0.1) is 0 Å². The van der Waals surface area contributed by atoms with E-state index < -0.39 is 0 Å². The van der Waals surface area contributed by atoms with Gasteiger partial charge in [0.15, 0.2) is 0 Å². The summed E-state index contributed by atoms with van der Waals surface area (Å²) in [6.07, 6.45) is 0.804. The van der Waals surface area contributed by atoms with Gasteiger partial charge in [-0.25, -0.2) is 4.79 Å². The molecule has 3 aromatic carbocycles. The van der Waals surface area contributed by atoms with Gasteiger partial charge in [-0.1, -0.05) is 66.7 Å². The molecule has 0 spiro atoms. The van der Waals surface area contributed by atoms with Crippen LogP contribution in [0.1, 0.15) is 5.56 Å². The molecule has 0 atom stereocenters. The number of para-hydroxylation sites is 2. The van der Waals surface area contributed by atoms with Crippen LogP contribution in [0.5, 0.6) is 0 Å². The van der Waals surface area contributed by atoms with Gasteiger partial charge in [0, 0.05) is 17.9 Å². The molecule has 120 valence electrons.